The van der Waals surface area contributed by atoms with Crippen LogP contribution in [0.3, 0.4) is 0 Å². The van der Waals surface area contributed by atoms with Gasteiger partial charge in [0.2, 0.25) is 5.83 Å². The lowest BCUT2D eigenvalue weighted by Crippen LogP contribution is -2.04. The van der Waals surface area contributed by atoms with E-state index in [4.69, 9.17) is 0 Å². The van der Waals surface area contributed by atoms with E-state index in [2.05, 4.69) is 4.74 Å². The third-order valence-corrected chi connectivity index (χ3v) is 1.83. The van der Waals surface area contributed by atoms with Crippen LogP contribution >= 0.6 is 0 Å². The molecule has 1 aromatic carbocycles. The molecule has 0 bridgehead atoms. The Hall–Kier alpha value is -1.64. The zero-order valence-electron chi connectivity index (χ0n) is 8.57. The number of rotatable bonds is 4. The van der Waals surface area contributed by atoms with Gasteiger partial charge in [-0.1, -0.05) is 30.3 Å². The summed E-state index contributed by atoms with van der Waals surface area (Å²) in [6.07, 6.45) is 1.62. The first-order chi connectivity index (χ1) is 7.24. The zero-order chi connectivity index (χ0) is 11.1. The molecule has 0 amide bonds. The Bertz CT molecular complexity index is 344. The Morgan fingerprint density at radius 2 is 2.07 bits per heavy atom. The van der Waals surface area contributed by atoms with E-state index in [-0.39, 0.29) is 6.61 Å². The number of carbonyl (C=O) groups is 1. The molecule has 0 fully saturated rings. The van der Waals surface area contributed by atoms with Gasteiger partial charge in [0.05, 0.1) is 6.61 Å². The Labute approximate surface area is 88.4 Å². The highest BCUT2D eigenvalue weighted by Crippen LogP contribution is 2.05. The molecule has 2 nitrogen and oxygen atoms in total. The molecule has 0 aliphatic heterocycles. The zero-order valence-corrected chi connectivity index (χ0v) is 8.57. The predicted molar refractivity (Wildman–Crippen MR) is 56.0 cm³/mol. The molecule has 0 saturated heterocycles. The summed E-state index contributed by atoms with van der Waals surface area (Å²) in [5.74, 6) is -1.73. The van der Waals surface area contributed by atoms with Gasteiger partial charge in [-0.2, -0.15) is 4.39 Å². The second-order valence-electron chi connectivity index (χ2n) is 2.96. The SMILES string of the molecule is CCOC(=O)/C(F)=C/Cc1ccccc1. The Kier molecular flexibility index (Phi) is 4.54. The van der Waals surface area contributed by atoms with Crippen molar-refractivity contribution in [2.24, 2.45) is 0 Å². The lowest BCUT2D eigenvalue weighted by atomic mass is 10.1. The summed E-state index contributed by atoms with van der Waals surface area (Å²) in [6.45, 7) is 1.83. The summed E-state index contributed by atoms with van der Waals surface area (Å²) in [5, 5.41) is 0. The van der Waals surface area contributed by atoms with E-state index < -0.39 is 11.8 Å². The standard InChI is InChI=1S/C12H13FO2/c1-2-15-12(14)11(13)9-8-10-6-4-3-5-7-10/h3-7,9H,2,8H2,1H3/b11-9-. The highest BCUT2D eigenvalue weighted by Gasteiger charge is 2.07. The number of halogens is 1. The molecule has 3 heteroatoms. The van der Waals surface area contributed by atoms with Gasteiger partial charge in [-0.25, -0.2) is 4.79 Å². The fourth-order valence-electron chi connectivity index (χ4n) is 1.10. The van der Waals surface area contributed by atoms with Crippen molar-refractivity contribution in [1.29, 1.82) is 0 Å². The maximum absolute atomic E-state index is 13.1. The van der Waals surface area contributed by atoms with E-state index in [0.717, 1.165) is 5.56 Å². The van der Waals surface area contributed by atoms with Crippen molar-refractivity contribution in [3.8, 4) is 0 Å². The lowest BCUT2D eigenvalue weighted by molar-refractivity contribution is -0.140. The molecular weight excluding hydrogens is 195 g/mol. The van der Waals surface area contributed by atoms with Crippen molar-refractivity contribution in [3.63, 3.8) is 0 Å². The summed E-state index contributed by atoms with van der Waals surface area (Å²) in [6, 6.07) is 9.36. The maximum Gasteiger partial charge on any atom is 0.366 e. The summed E-state index contributed by atoms with van der Waals surface area (Å²) < 4.78 is 17.6. The highest BCUT2D eigenvalue weighted by molar-refractivity contribution is 5.85. The van der Waals surface area contributed by atoms with Crippen molar-refractivity contribution < 1.29 is 13.9 Å². The van der Waals surface area contributed by atoms with Gasteiger partial charge in [0.25, 0.3) is 0 Å². The number of esters is 1. The van der Waals surface area contributed by atoms with E-state index in [9.17, 15) is 9.18 Å². The quantitative estimate of drug-likeness (QED) is 0.561. The van der Waals surface area contributed by atoms with Gasteiger partial charge in [0, 0.05) is 0 Å². The molecular formula is C12H13FO2. The third kappa shape index (κ3) is 3.94. The molecule has 1 aromatic rings. The molecule has 15 heavy (non-hydrogen) atoms. The van der Waals surface area contributed by atoms with E-state index in [0.29, 0.717) is 6.42 Å². The summed E-state index contributed by atoms with van der Waals surface area (Å²) in [4.78, 5) is 10.9. The van der Waals surface area contributed by atoms with Crippen LogP contribution in [0.15, 0.2) is 42.2 Å². The van der Waals surface area contributed by atoms with Crippen LogP contribution in [-0.4, -0.2) is 12.6 Å². The maximum atomic E-state index is 13.1. The fourth-order valence-corrected chi connectivity index (χ4v) is 1.10. The molecule has 0 spiro atoms. The van der Waals surface area contributed by atoms with Crippen LogP contribution in [0.1, 0.15) is 12.5 Å². The molecule has 0 saturated carbocycles. The molecule has 0 N–H and O–H groups in total. The minimum atomic E-state index is -0.895. The van der Waals surface area contributed by atoms with Crippen LogP contribution < -0.4 is 0 Å². The predicted octanol–water partition coefficient (Wildman–Crippen LogP) is 2.65. The first kappa shape index (κ1) is 11.4. The van der Waals surface area contributed by atoms with E-state index >= 15 is 0 Å². The van der Waals surface area contributed by atoms with Gasteiger partial charge in [0.1, 0.15) is 0 Å². The van der Waals surface area contributed by atoms with E-state index in [1.165, 1.54) is 6.08 Å². The van der Waals surface area contributed by atoms with Gasteiger partial charge in [-0.05, 0) is 25.0 Å². The van der Waals surface area contributed by atoms with Crippen LogP contribution in [0.4, 0.5) is 4.39 Å². The smallest absolute Gasteiger partial charge is 0.366 e. The summed E-state index contributed by atoms with van der Waals surface area (Å²) in [5.41, 5.74) is 0.956. The van der Waals surface area contributed by atoms with Gasteiger partial charge >= 0.3 is 5.97 Å². The number of benzene rings is 1. The molecule has 0 atom stereocenters. The van der Waals surface area contributed by atoms with Gasteiger partial charge in [0.15, 0.2) is 0 Å². The van der Waals surface area contributed by atoms with Crippen molar-refractivity contribution in [3.05, 3.63) is 47.8 Å². The van der Waals surface area contributed by atoms with Crippen molar-refractivity contribution in [2.45, 2.75) is 13.3 Å². The van der Waals surface area contributed by atoms with Gasteiger partial charge in [-0.15, -0.1) is 0 Å². The molecule has 0 unspecified atom stereocenters. The van der Waals surface area contributed by atoms with Crippen molar-refractivity contribution in [1.82, 2.24) is 0 Å². The summed E-state index contributed by atoms with van der Waals surface area (Å²) in [7, 11) is 0. The minimum Gasteiger partial charge on any atom is -0.461 e. The Morgan fingerprint density at radius 3 is 2.67 bits per heavy atom. The van der Waals surface area contributed by atoms with Crippen LogP contribution in [0, 0.1) is 0 Å². The average molecular weight is 208 g/mol. The first-order valence-corrected chi connectivity index (χ1v) is 4.80. The fraction of sp³-hybridized carbons (Fsp3) is 0.250. The molecule has 0 aromatic heterocycles. The number of hydrogen-bond donors (Lipinski definition) is 0. The van der Waals surface area contributed by atoms with Gasteiger partial charge < -0.3 is 4.74 Å². The number of hydrogen-bond acceptors (Lipinski definition) is 2. The van der Waals surface area contributed by atoms with Crippen molar-refractivity contribution in [2.75, 3.05) is 6.61 Å². The topological polar surface area (TPSA) is 26.3 Å². The number of ether oxygens (including phenoxy) is 1. The monoisotopic (exact) mass is 208 g/mol. The Balaban J connectivity index is 2.54. The third-order valence-electron chi connectivity index (χ3n) is 1.83. The lowest BCUT2D eigenvalue weighted by Gasteiger charge is -1.98. The molecule has 0 radical (unpaired) electrons. The second-order valence-corrected chi connectivity index (χ2v) is 2.96. The minimum absolute atomic E-state index is 0.186. The first-order valence-electron chi connectivity index (χ1n) is 4.80. The molecule has 0 aliphatic carbocycles. The van der Waals surface area contributed by atoms with Crippen LogP contribution in [0.2, 0.25) is 0 Å². The van der Waals surface area contributed by atoms with E-state index in [1.807, 2.05) is 30.3 Å². The van der Waals surface area contributed by atoms with Crippen molar-refractivity contribution >= 4 is 5.97 Å². The molecule has 80 valence electrons. The number of carbonyl (C=O) groups excluding carboxylic acids is 1. The largest absolute Gasteiger partial charge is 0.461 e. The van der Waals surface area contributed by atoms with E-state index in [1.54, 1.807) is 6.92 Å². The highest BCUT2D eigenvalue weighted by atomic mass is 19.1. The van der Waals surface area contributed by atoms with Gasteiger partial charge in [-0.3, -0.25) is 0 Å². The summed E-state index contributed by atoms with van der Waals surface area (Å²) >= 11 is 0. The van der Waals surface area contributed by atoms with Crippen LogP contribution in [0.25, 0.3) is 0 Å². The Morgan fingerprint density at radius 1 is 1.40 bits per heavy atom. The number of allylic oxidation sites excluding steroid dienone is 1. The molecule has 0 aliphatic rings. The molecule has 0 heterocycles. The van der Waals surface area contributed by atoms with Crippen LogP contribution in [-0.2, 0) is 16.0 Å². The second kappa shape index (κ2) is 5.96. The van der Waals surface area contributed by atoms with Crippen LogP contribution in [0.5, 0.6) is 0 Å². The average Bonchev–Trinajstić information content (AvgIpc) is 2.27. The normalized spacial score (nSPS) is 11.2. The molecule has 1 rings (SSSR count).